The van der Waals surface area contributed by atoms with Gasteiger partial charge in [0.25, 0.3) is 0 Å². The highest BCUT2D eigenvalue weighted by molar-refractivity contribution is 5.92. The number of amides is 1. The Morgan fingerprint density at radius 1 is 0.842 bits per heavy atom. The first-order valence-corrected chi connectivity index (χ1v) is 5.76. The van der Waals surface area contributed by atoms with Crippen LogP contribution in [0.25, 0.3) is 10.8 Å². The monoisotopic (exact) mass is 251 g/mol. The molecule has 4 heteroatoms. The van der Waals surface area contributed by atoms with E-state index in [2.05, 4.69) is 22.1 Å². The Morgan fingerprint density at radius 2 is 1.58 bits per heavy atom. The molecule has 1 aromatic carbocycles. The quantitative estimate of drug-likeness (QED) is 0.722. The predicted octanol–water partition coefficient (Wildman–Crippen LogP) is 2.42. The van der Waals surface area contributed by atoms with Gasteiger partial charge in [0.2, 0.25) is 5.91 Å². The number of carbonyl (C=O) groups excluding carboxylic acids is 1. The molecule has 94 valence electrons. The van der Waals surface area contributed by atoms with Crippen molar-refractivity contribution in [2.45, 2.75) is 0 Å². The fourth-order valence-electron chi connectivity index (χ4n) is 1.54. The summed E-state index contributed by atoms with van der Waals surface area (Å²) in [5.74, 6) is -0.442. The van der Waals surface area contributed by atoms with Crippen molar-refractivity contribution in [2.75, 3.05) is 0 Å². The van der Waals surface area contributed by atoms with Crippen LogP contribution in [0, 0.1) is 0 Å². The molecule has 2 heterocycles. The number of aromatic nitrogens is 2. The zero-order valence-corrected chi connectivity index (χ0v) is 10.2. The van der Waals surface area contributed by atoms with Gasteiger partial charge in [-0.3, -0.25) is 14.8 Å². The van der Waals surface area contributed by atoms with E-state index >= 15 is 0 Å². The summed E-state index contributed by atoms with van der Waals surface area (Å²) in [5, 5.41) is 2.45. The summed E-state index contributed by atoms with van der Waals surface area (Å²) in [4.78, 5) is 18.1. The largest absolute Gasteiger partial charge is 0.366 e. The van der Waals surface area contributed by atoms with Gasteiger partial charge in [0.05, 0.1) is 5.56 Å². The fourth-order valence-corrected chi connectivity index (χ4v) is 1.54. The van der Waals surface area contributed by atoms with Crippen LogP contribution < -0.4 is 5.73 Å². The topological polar surface area (TPSA) is 68.9 Å². The van der Waals surface area contributed by atoms with Crippen molar-refractivity contribution in [1.29, 1.82) is 0 Å². The fraction of sp³-hybridized carbons (Fsp3) is 0. The highest BCUT2D eigenvalue weighted by Crippen LogP contribution is 2.09. The molecular weight excluding hydrogens is 238 g/mol. The Kier molecular flexibility index (Phi) is 4.18. The molecule has 4 nitrogen and oxygen atoms in total. The van der Waals surface area contributed by atoms with Crippen molar-refractivity contribution in [2.24, 2.45) is 5.73 Å². The average molecular weight is 251 g/mol. The van der Waals surface area contributed by atoms with Gasteiger partial charge < -0.3 is 5.73 Å². The Bertz CT molecular complexity index is 603. The van der Waals surface area contributed by atoms with Gasteiger partial charge in [-0.25, -0.2) is 0 Å². The Morgan fingerprint density at radius 3 is 2.16 bits per heavy atom. The van der Waals surface area contributed by atoms with Crippen LogP contribution in [-0.2, 0) is 0 Å². The first-order chi connectivity index (χ1) is 9.27. The van der Waals surface area contributed by atoms with Crippen molar-refractivity contribution < 1.29 is 4.79 Å². The molecule has 0 bridgehead atoms. The molecule has 2 N–H and O–H groups in total. The number of hydrogen-bond acceptors (Lipinski definition) is 3. The lowest BCUT2D eigenvalue weighted by Crippen LogP contribution is -2.10. The number of carbonyl (C=O) groups is 1. The number of rotatable bonds is 1. The lowest BCUT2D eigenvalue weighted by atomic mass is 10.2. The smallest absolute Gasteiger partial charge is 0.250 e. The van der Waals surface area contributed by atoms with Gasteiger partial charge in [0.1, 0.15) is 0 Å². The van der Waals surface area contributed by atoms with Gasteiger partial charge in [-0.05, 0) is 29.0 Å². The molecule has 1 amide bonds. The van der Waals surface area contributed by atoms with Crippen LogP contribution in [0.4, 0.5) is 0 Å². The number of hydrogen-bond donors (Lipinski definition) is 1. The van der Waals surface area contributed by atoms with E-state index in [9.17, 15) is 4.79 Å². The third-order valence-corrected chi connectivity index (χ3v) is 2.50. The van der Waals surface area contributed by atoms with E-state index in [4.69, 9.17) is 5.73 Å². The van der Waals surface area contributed by atoms with Crippen molar-refractivity contribution in [3.8, 4) is 0 Å². The number of primary amides is 1. The molecule has 0 fully saturated rings. The Balaban J connectivity index is 0.000000141. The minimum Gasteiger partial charge on any atom is -0.366 e. The molecule has 0 radical (unpaired) electrons. The maximum Gasteiger partial charge on any atom is 0.250 e. The molecule has 3 aromatic rings. The average Bonchev–Trinajstić information content (AvgIpc) is 2.49. The Labute approximate surface area is 110 Å². The summed E-state index contributed by atoms with van der Waals surface area (Å²) in [6.45, 7) is 0. The Hall–Kier alpha value is -2.75. The van der Waals surface area contributed by atoms with Crippen molar-refractivity contribution in [1.82, 2.24) is 9.97 Å². The van der Waals surface area contributed by atoms with Crippen LogP contribution in [0.3, 0.4) is 0 Å². The van der Waals surface area contributed by atoms with Gasteiger partial charge in [-0.15, -0.1) is 0 Å². The summed E-state index contributed by atoms with van der Waals surface area (Å²) in [6, 6.07) is 13.5. The van der Waals surface area contributed by atoms with Crippen LogP contribution in [0.15, 0.2) is 67.3 Å². The lowest BCUT2D eigenvalue weighted by Gasteiger charge is -1.91. The SMILES string of the molecule is NC(=O)c1cccnc1.c1ccc2cnccc2c1. The maximum atomic E-state index is 10.4. The molecule has 3 rings (SSSR count). The van der Waals surface area contributed by atoms with E-state index in [1.54, 1.807) is 18.3 Å². The lowest BCUT2D eigenvalue weighted by molar-refractivity contribution is 0.1000. The van der Waals surface area contributed by atoms with Crippen LogP contribution in [0.1, 0.15) is 10.4 Å². The van der Waals surface area contributed by atoms with E-state index < -0.39 is 5.91 Å². The van der Waals surface area contributed by atoms with E-state index in [1.807, 2.05) is 30.6 Å². The van der Waals surface area contributed by atoms with Gasteiger partial charge in [-0.2, -0.15) is 0 Å². The number of benzene rings is 1. The first kappa shape index (κ1) is 12.7. The van der Waals surface area contributed by atoms with Crippen molar-refractivity contribution in [3.05, 3.63) is 72.8 Å². The second-order valence-corrected chi connectivity index (χ2v) is 3.83. The molecule has 0 saturated heterocycles. The summed E-state index contributed by atoms with van der Waals surface area (Å²) in [6.07, 6.45) is 6.70. The number of pyridine rings is 2. The number of fused-ring (bicyclic) bond motifs is 1. The summed E-state index contributed by atoms with van der Waals surface area (Å²) in [5.41, 5.74) is 5.38. The molecule has 0 aliphatic heterocycles. The summed E-state index contributed by atoms with van der Waals surface area (Å²) >= 11 is 0. The third-order valence-electron chi connectivity index (χ3n) is 2.50. The van der Waals surface area contributed by atoms with Crippen LogP contribution >= 0.6 is 0 Å². The van der Waals surface area contributed by atoms with Crippen LogP contribution in [-0.4, -0.2) is 15.9 Å². The van der Waals surface area contributed by atoms with Crippen LogP contribution in [0.2, 0.25) is 0 Å². The normalized spacial score (nSPS) is 9.47. The van der Waals surface area contributed by atoms with Crippen LogP contribution in [0.5, 0.6) is 0 Å². The molecule has 19 heavy (non-hydrogen) atoms. The predicted molar refractivity (Wildman–Crippen MR) is 74.5 cm³/mol. The minimum absolute atomic E-state index is 0.442. The zero-order valence-electron chi connectivity index (χ0n) is 10.2. The molecule has 0 spiro atoms. The number of nitrogens with two attached hydrogens (primary N) is 1. The highest BCUT2D eigenvalue weighted by atomic mass is 16.1. The molecular formula is C15H13N3O. The second kappa shape index (κ2) is 6.26. The van der Waals surface area contributed by atoms with E-state index in [1.165, 1.54) is 17.0 Å². The summed E-state index contributed by atoms with van der Waals surface area (Å²) < 4.78 is 0. The van der Waals surface area contributed by atoms with E-state index in [0.717, 1.165) is 0 Å². The minimum atomic E-state index is -0.442. The van der Waals surface area contributed by atoms with Gasteiger partial charge in [-0.1, -0.05) is 24.3 Å². The molecule has 0 atom stereocenters. The van der Waals surface area contributed by atoms with E-state index in [0.29, 0.717) is 5.56 Å². The van der Waals surface area contributed by atoms with Crippen molar-refractivity contribution in [3.63, 3.8) is 0 Å². The summed E-state index contributed by atoms with van der Waals surface area (Å²) in [7, 11) is 0. The highest BCUT2D eigenvalue weighted by Gasteiger charge is 1.94. The molecule has 0 aliphatic rings. The zero-order chi connectivity index (χ0) is 13.5. The molecule has 0 unspecified atom stereocenters. The molecule has 2 aromatic heterocycles. The van der Waals surface area contributed by atoms with Gasteiger partial charge in [0.15, 0.2) is 0 Å². The first-order valence-electron chi connectivity index (χ1n) is 5.76. The number of nitrogens with zero attached hydrogens (tertiary/aromatic N) is 2. The maximum absolute atomic E-state index is 10.4. The third kappa shape index (κ3) is 3.61. The molecule has 0 aliphatic carbocycles. The van der Waals surface area contributed by atoms with Crippen molar-refractivity contribution >= 4 is 16.7 Å². The molecule has 0 saturated carbocycles. The van der Waals surface area contributed by atoms with E-state index in [-0.39, 0.29) is 0 Å². The standard InChI is InChI=1S/C9H7N.C6H6N2O/c1-2-4-9-7-10-6-5-8(9)3-1;7-6(9)5-2-1-3-8-4-5/h1-7H;1-4H,(H2,7,9). The van der Waals surface area contributed by atoms with Gasteiger partial charge >= 0.3 is 0 Å². The van der Waals surface area contributed by atoms with Gasteiger partial charge in [0, 0.05) is 24.8 Å². The second-order valence-electron chi connectivity index (χ2n) is 3.83.